The van der Waals surface area contributed by atoms with Crippen molar-refractivity contribution in [2.45, 2.75) is 116 Å². The highest BCUT2D eigenvalue weighted by Crippen LogP contribution is 2.43. The summed E-state index contributed by atoms with van der Waals surface area (Å²) in [6, 6.07) is 18.1. The third-order valence-corrected chi connectivity index (χ3v) is 11.5. The van der Waals surface area contributed by atoms with Crippen molar-refractivity contribution in [3.8, 4) is 11.3 Å². The van der Waals surface area contributed by atoms with Gasteiger partial charge in [0.15, 0.2) is 0 Å². The van der Waals surface area contributed by atoms with Gasteiger partial charge >= 0.3 is 6.09 Å². The number of H-pyrrole nitrogens is 1. The number of aryl methyl sites for hydroxylation is 2. The number of hydrogen-bond acceptors (Lipinski definition) is 5. The summed E-state index contributed by atoms with van der Waals surface area (Å²) in [5.41, 5.74) is 8.39. The molecular formula is C43H54N6O3. The molecule has 9 nitrogen and oxygen atoms in total. The number of amides is 2. The van der Waals surface area contributed by atoms with Crippen LogP contribution in [-0.2, 0) is 14.9 Å². The molecule has 274 valence electrons. The summed E-state index contributed by atoms with van der Waals surface area (Å²) in [5, 5.41) is 4.10. The molecule has 4 aromatic rings. The van der Waals surface area contributed by atoms with Crippen molar-refractivity contribution in [2.24, 2.45) is 4.99 Å². The number of nitrogens with zero attached hydrogens (tertiary/aromatic N) is 4. The highest BCUT2D eigenvalue weighted by molar-refractivity contribution is 5.96. The molecule has 2 aromatic heterocycles. The van der Waals surface area contributed by atoms with Crippen LogP contribution in [0.5, 0.6) is 0 Å². The van der Waals surface area contributed by atoms with E-state index in [0.717, 1.165) is 78.5 Å². The van der Waals surface area contributed by atoms with E-state index >= 15 is 0 Å². The van der Waals surface area contributed by atoms with Gasteiger partial charge in [0.1, 0.15) is 0 Å². The van der Waals surface area contributed by atoms with Crippen molar-refractivity contribution < 1.29 is 14.3 Å². The number of nitrogens with one attached hydrogen (secondary N) is 2. The van der Waals surface area contributed by atoms with Gasteiger partial charge in [-0.15, -0.1) is 0 Å². The van der Waals surface area contributed by atoms with E-state index in [4.69, 9.17) is 9.73 Å². The minimum atomic E-state index is -0.662. The molecule has 9 heteroatoms. The van der Waals surface area contributed by atoms with Gasteiger partial charge in [0.2, 0.25) is 11.9 Å². The largest absolute Gasteiger partial charge is 0.447 e. The molecule has 3 saturated heterocycles. The summed E-state index contributed by atoms with van der Waals surface area (Å²) >= 11 is 0. The predicted molar refractivity (Wildman–Crippen MR) is 208 cm³/mol. The Morgan fingerprint density at radius 1 is 0.962 bits per heavy atom. The molecule has 0 saturated carbocycles. The number of carbonyl (C=O) groups is 2. The van der Waals surface area contributed by atoms with Crippen molar-refractivity contribution >= 4 is 28.9 Å². The van der Waals surface area contributed by atoms with Crippen molar-refractivity contribution in [3.63, 3.8) is 0 Å². The van der Waals surface area contributed by atoms with Gasteiger partial charge in [0.05, 0.1) is 17.2 Å². The van der Waals surface area contributed by atoms with Crippen LogP contribution in [-0.4, -0.2) is 75.5 Å². The van der Waals surface area contributed by atoms with Gasteiger partial charge in [-0.05, 0) is 132 Å². The van der Waals surface area contributed by atoms with Crippen LogP contribution in [0.1, 0.15) is 106 Å². The van der Waals surface area contributed by atoms with Crippen LogP contribution in [0.3, 0.4) is 0 Å². The average Bonchev–Trinajstić information content (AvgIpc) is 3.92. The summed E-state index contributed by atoms with van der Waals surface area (Å²) < 4.78 is 5.50. The van der Waals surface area contributed by atoms with E-state index in [1.54, 1.807) is 0 Å². The lowest BCUT2D eigenvalue weighted by Crippen LogP contribution is -2.45. The summed E-state index contributed by atoms with van der Waals surface area (Å²) in [6.45, 7) is 16.3. The normalized spacial score (nSPS) is 21.0. The average molecular weight is 703 g/mol. The van der Waals surface area contributed by atoms with Crippen LogP contribution < -0.4 is 5.32 Å². The lowest BCUT2D eigenvalue weighted by Gasteiger charge is -2.33. The number of aromatic amines is 1. The number of guanidine groups is 1. The van der Waals surface area contributed by atoms with Crippen molar-refractivity contribution in [1.82, 2.24) is 25.1 Å². The number of alkyl carbamates (subject to hydrolysis) is 1. The first-order valence-electron chi connectivity index (χ1n) is 19.1. The molecule has 7 rings (SSSR count). The van der Waals surface area contributed by atoms with E-state index < -0.39 is 11.5 Å². The predicted octanol–water partition coefficient (Wildman–Crippen LogP) is 8.36. The number of ether oxygens (including phenoxy) is 1. The topological polar surface area (TPSA) is 103 Å². The zero-order valence-corrected chi connectivity index (χ0v) is 31.8. The summed E-state index contributed by atoms with van der Waals surface area (Å²) in [4.78, 5) is 44.6. The van der Waals surface area contributed by atoms with E-state index in [9.17, 15) is 9.59 Å². The third kappa shape index (κ3) is 7.06. The maximum absolute atomic E-state index is 14.2. The Labute approximate surface area is 308 Å². The maximum Gasteiger partial charge on any atom is 0.414 e. The Balaban J connectivity index is 1.25. The Hall–Kier alpha value is -4.66. The summed E-state index contributed by atoms with van der Waals surface area (Å²) in [6.07, 6.45) is 8.37. The number of rotatable bonds is 8. The number of aliphatic imine (C=N–C) groups is 1. The second-order valence-corrected chi connectivity index (χ2v) is 16.2. The molecule has 3 aliphatic rings. The molecule has 0 aliphatic carbocycles. The fourth-order valence-corrected chi connectivity index (χ4v) is 8.88. The Morgan fingerprint density at radius 3 is 2.29 bits per heavy atom. The van der Waals surface area contributed by atoms with Gasteiger partial charge < -0.3 is 19.5 Å². The van der Waals surface area contributed by atoms with Crippen LogP contribution in [0.25, 0.3) is 22.2 Å². The molecule has 0 radical (unpaired) electrons. The highest BCUT2D eigenvalue weighted by Gasteiger charge is 2.47. The van der Waals surface area contributed by atoms with Crippen LogP contribution in [0, 0.1) is 13.8 Å². The van der Waals surface area contributed by atoms with E-state index in [2.05, 4.69) is 108 Å². The lowest BCUT2D eigenvalue weighted by atomic mass is 9.81. The summed E-state index contributed by atoms with van der Waals surface area (Å²) in [7, 11) is 0. The minimum absolute atomic E-state index is 0.0235. The van der Waals surface area contributed by atoms with Gasteiger partial charge in [0, 0.05) is 66.9 Å². The van der Waals surface area contributed by atoms with Gasteiger partial charge in [0.25, 0.3) is 0 Å². The number of hydrogen-bond donors (Lipinski definition) is 2. The minimum Gasteiger partial charge on any atom is -0.447 e. The zero-order chi connectivity index (χ0) is 36.7. The molecule has 3 aliphatic heterocycles. The fourth-order valence-electron chi connectivity index (χ4n) is 8.88. The van der Waals surface area contributed by atoms with Gasteiger partial charge in [-0.3, -0.25) is 20.1 Å². The van der Waals surface area contributed by atoms with E-state index in [1.165, 1.54) is 16.7 Å². The first-order chi connectivity index (χ1) is 24.9. The number of fused-ring (bicyclic) bond motifs is 3. The molecule has 2 aromatic carbocycles. The number of benzene rings is 2. The molecule has 2 N–H and O–H groups in total. The highest BCUT2D eigenvalue weighted by atomic mass is 16.6. The molecule has 52 heavy (non-hydrogen) atoms. The third-order valence-electron chi connectivity index (χ3n) is 11.5. The van der Waals surface area contributed by atoms with Crippen LogP contribution >= 0.6 is 0 Å². The van der Waals surface area contributed by atoms with E-state index in [1.807, 2.05) is 26.2 Å². The van der Waals surface area contributed by atoms with Gasteiger partial charge in [-0.1, -0.05) is 30.2 Å². The molecule has 2 atom stereocenters. The molecule has 2 amide bonds. The van der Waals surface area contributed by atoms with Gasteiger partial charge in [-0.25, -0.2) is 4.79 Å². The monoisotopic (exact) mass is 702 g/mol. The smallest absolute Gasteiger partial charge is 0.414 e. The first-order valence-corrected chi connectivity index (χ1v) is 19.1. The number of carbonyl (C=O) groups excluding carboxylic acids is 2. The molecule has 0 spiro atoms. The SMILES string of the molecule is Cc1cc(C)cc(-c2[nH]c3ccc(C(C)(C)C(=O)N4C5CCC4CC5)cc3c2[C@@H](C)CN=C(NC(=O)OC(C)C)N2CCC(c3ccncc3)C2)c1. The number of aromatic nitrogens is 2. The second-order valence-electron chi connectivity index (χ2n) is 16.2. The molecule has 3 fully saturated rings. The molecule has 2 bridgehead atoms. The molecular weight excluding hydrogens is 649 g/mol. The zero-order valence-electron chi connectivity index (χ0n) is 31.8. The number of likely N-dealkylation sites (tertiary alicyclic amines) is 1. The van der Waals surface area contributed by atoms with Crippen molar-refractivity contribution in [1.29, 1.82) is 0 Å². The van der Waals surface area contributed by atoms with Crippen LogP contribution in [0.4, 0.5) is 4.79 Å². The lowest BCUT2D eigenvalue weighted by molar-refractivity contribution is -0.137. The Kier molecular flexibility index (Phi) is 9.89. The molecule has 5 heterocycles. The fraction of sp³-hybridized carbons (Fsp3) is 0.488. The number of pyridine rings is 1. The van der Waals surface area contributed by atoms with E-state index in [0.29, 0.717) is 30.5 Å². The van der Waals surface area contributed by atoms with Crippen LogP contribution in [0.2, 0.25) is 0 Å². The van der Waals surface area contributed by atoms with Crippen molar-refractivity contribution in [2.75, 3.05) is 19.6 Å². The summed E-state index contributed by atoms with van der Waals surface area (Å²) in [5.74, 6) is 1.07. The van der Waals surface area contributed by atoms with Crippen LogP contribution in [0.15, 0.2) is 65.9 Å². The standard InChI is InChI=1S/C43H54N6O3/c1-26(2)52-42(51)47-41(48-19-16-31(25-48)30-14-17-44-18-15-30)45-24-29(5)38-36-23-33(43(6,7)40(50)49-34-9-10-35(49)12-11-34)8-13-37(36)46-39(38)32-21-27(3)20-28(4)22-32/h8,13-15,17-18,20-23,26,29,31,34-35,46H,9-12,16,19,24-25H2,1-7H3,(H,45,47,51)/t29-,31?,34?,35?/m0/s1. The van der Waals surface area contributed by atoms with Gasteiger partial charge in [-0.2, -0.15) is 0 Å². The second kappa shape index (κ2) is 14.4. The van der Waals surface area contributed by atoms with Crippen molar-refractivity contribution in [3.05, 3.63) is 88.7 Å². The first kappa shape index (κ1) is 35.7. The Morgan fingerprint density at radius 2 is 1.63 bits per heavy atom. The quantitative estimate of drug-likeness (QED) is 0.142. The Bertz CT molecular complexity index is 1940. The molecule has 1 unspecified atom stereocenters. The maximum atomic E-state index is 14.2. The van der Waals surface area contributed by atoms with E-state index in [-0.39, 0.29) is 17.9 Å².